The van der Waals surface area contributed by atoms with Crippen molar-refractivity contribution in [3.63, 3.8) is 0 Å². The zero-order chi connectivity index (χ0) is 20.5. The van der Waals surface area contributed by atoms with Crippen LogP contribution in [0.25, 0.3) is 16.7 Å². The first-order chi connectivity index (χ1) is 14.0. The van der Waals surface area contributed by atoms with Gasteiger partial charge >= 0.3 is 0 Å². The first-order valence-electron chi connectivity index (χ1n) is 9.48. The summed E-state index contributed by atoms with van der Waals surface area (Å²) < 4.78 is 1.52. The van der Waals surface area contributed by atoms with Crippen molar-refractivity contribution in [3.05, 3.63) is 101 Å². The third-order valence-electron chi connectivity index (χ3n) is 5.17. The van der Waals surface area contributed by atoms with Gasteiger partial charge in [-0.1, -0.05) is 83.6 Å². The molecule has 5 nitrogen and oxygen atoms in total. The second kappa shape index (κ2) is 7.62. The minimum Gasteiger partial charge on any atom is -0.384 e. The molecule has 2 N–H and O–H groups in total. The molecule has 1 aromatic heterocycles. The summed E-state index contributed by atoms with van der Waals surface area (Å²) in [5.74, 6) is 0. The molecule has 0 aliphatic carbocycles. The van der Waals surface area contributed by atoms with Crippen LogP contribution in [0.1, 0.15) is 40.0 Å². The SMILES string of the molecule is C=C(C(O)c1ccc(C)cc1)n1nnc2cccc(C(O)c3ccc(C)cc3)c21. The van der Waals surface area contributed by atoms with Gasteiger partial charge in [0.05, 0.1) is 5.70 Å². The Labute approximate surface area is 169 Å². The molecule has 0 aliphatic rings. The Balaban J connectivity index is 1.77. The lowest BCUT2D eigenvalue weighted by atomic mass is 9.99. The van der Waals surface area contributed by atoms with Crippen LogP contribution in [0.5, 0.6) is 0 Å². The van der Waals surface area contributed by atoms with Crippen LogP contribution in [0, 0.1) is 13.8 Å². The number of fused-ring (bicyclic) bond motifs is 1. The Morgan fingerprint density at radius 2 is 1.45 bits per heavy atom. The van der Waals surface area contributed by atoms with Crippen LogP contribution in [0.3, 0.4) is 0 Å². The maximum atomic E-state index is 11.0. The maximum absolute atomic E-state index is 11.0. The van der Waals surface area contributed by atoms with Crippen LogP contribution in [0.2, 0.25) is 0 Å². The molecule has 0 aliphatic heterocycles. The fraction of sp³-hybridized carbons (Fsp3) is 0.167. The first-order valence-corrected chi connectivity index (χ1v) is 9.48. The van der Waals surface area contributed by atoms with Crippen LogP contribution in [-0.2, 0) is 0 Å². The van der Waals surface area contributed by atoms with Crippen LogP contribution < -0.4 is 0 Å². The number of nitrogens with zero attached hydrogens (tertiary/aromatic N) is 3. The molecule has 0 fully saturated rings. The van der Waals surface area contributed by atoms with Crippen molar-refractivity contribution in [2.24, 2.45) is 0 Å². The number of hydrogen-bond acceptors (Lipinski definition) is 4. The molecule has 5 heteroatoms. The van der Waals surface area contributed by atoms with Crippen molar-refractivity contribution < 1.29 is 10.2 Å². The van der Waals surface area contributed by atoms with Crippen molar-refractivity contribution in [1.82, 2.24) is 15.0 Å². The molecule has 2 unspecified atom stereocenters. The highest BCUT2D eigenvalue weighted by molar-refractivity contribution is 5.82. The minimum absolute atomic E-state index is 0.375. The van der Waals surface area contributed by atoms with E-state index < -0.39 is 12.2 Å². The molecule has 146 valence electrons. The molecule has 4 aromatic rings. The zero-order valence-electron chi connectivity index (χ0n) is 16.4. The number of rotatable bonds is 5. The van der Waals surface area contributed by atoms with Gasteiger partial charge in [0.2, 0.25) is 0 Å². The van der Waals surface area contributed by atoms with E-state index >= 15 is 0 Å². The van der Waals surface area contributed by atoms with E-state index in [-0.39, 0.29) is 0 Å². The molecule has 4 rings (SSSR count). The molecule has 0 bridgehead atoms. The number of hydrogen-bond donors (Lipinski definition) is 2. The number of aliphatic hydroxyl groups excluding tert-OH is 2. The average molecular weight is 385 g/mol. The highest BCUT2D eigenvalue weighted by Crippen LogP contribution is 2.32. The summed E-state index contributed by atoms with van der Waals surface area (Å²) in [7, 11) is 0. The molecule has 3 aromatic carbocycles. The third kappa shape index (κ3) is 3.58. The normalized spacial score (nSPS) is 13.4. The van der Waals surface area contributed by atoms with Crippen molar-refractivity contribution in [1.29, 1.82) is 0 Å². The number of para-hydroxylation sites is 1. The third-order valence-corrected chi connectivity index (χ3v) is 5.17. The molecular formula is C24H23N3O2. The Kier molecular flexibility index (Phi) is 5.01. The molecule has 2 atom stereocenters. The summed E-state index contributed by atoms with van der Waals surface area (Å²) in [6, 6.07) is 20.9. The summed E-state index contributed by atoms with van der Waals surface area (Å²) >= 11 is 0. The lowest BCUT2D eigenvalue weighted by Gasteiger charge is -2.18. The van der Waals surface area contributed by atoms with Gasteiger partial charge in [-0.15, -0.1) is 5.10 Å². The van der Waals surface area contributed by atoms with E-state index in [0.717, 1.165) is 22.3 Å². The average Bonchev–Trinajstić information content (AvgIpc) is 3.17. The summed E-state index contributed by atoms with van der Waals surface area (Å²) in [5.41, 5.74) is 6.04. The molecule has 0 spiro atoms. The van der Waals surface area contributed by atoms with Gasteiger partial charge in [-0.05, 0) is 31.0 Å². The predicted octanol–water partition coefficient (Wildman–Crippen LogP) is 4.33. The van der Waals surface area contributed by atoms with Crippen molar-refractivity contribution in [2.45, 2.75) is 26.1 Å². The quantitative estimate of drug-likeness (QED) is 0.536. The molecule has 0 radical (unpaired) electrons. The van der Waals surface area contributed by atoms with Crippen molar-refractivity contribution >= 4 is 16.7 Å². The van der Waals surface area contributed by atoms with E-state index in [1.807, 2.05) is 80.6 Å². The largest absolute Gasteiger partial charge is 0.384 e. The lowest BCUT2D eigenvalue weighted by Crippen LogP contribution is -2.10. The maximum Gasteiger partial charge on any atom is 0.120 e. The van der Waals surface area contributed by atoms with Gasteiger partial charge in [-0.25, -0.2) is 4.68 Å². The summed E-state index contributed by atoms with van der Waals surface area (Å²) in [4.78, 5) is 0. The van der Waals surface area contributed by atoms with Crippen LogP contribution >= 0.6 is 0 Å². The van der Waals surface area contributed by atoms with E-state index in [1.165, 1.54) is 4.68 Å². The smallest absolute Gasteiger partial charge is 0.120 e. The molecule has 0 saturated heterocycles. The second-order valence-corrected chi connectivity index (χ2v) is 7.33. The Hall–Kier alpha value is -3.28. The van der Waals surface area contributed by atoms with Crippen LogP contribution in [-0.4, -0.2) is 25.2 Å². The van der Waals surface area contributed by atoms with Gasteiger partial charge in [0.25, 0.3) is 0 Å². The van der Waals surface area contributed by atoms with Gasteiger partial charge in [-0.3, -0.25) is 0 Å². The van der Waals surface area contributed by atoms with E-state index in [0.29, 0.717) is 22.3 Å². The molecular weight excluding hydrogens is 362 g/mol. The Morgan fingerprint density at radius 3 is 2.07 bits per heavy atom. The van der Waals surface area contributed by atoms with E-state index in [1.54, 1.807) is 0 Å². The fourth-order valence-electron chi connectivity index (χ4n) is 3.40. The fourth-order valence-corrected chi connectivity index (χ4v) is 3.40. The monoisotopic (exact) mass is 385 g/mol. The van der Waals surface area contributed by atoms with Gasteiger partial charge in [0.1, 0.15) is 23.2 Å². The number of aliphatic hydroxyl groups is 2. The summed E-state index contributed by atoms with van der Waals surface area (Å²) in [5, 5.41) is 30.3. The van der Waals surface area contributed by atoms with Gasteiger partial charge in [0.15, 0.2) is 0 Å². The van der Waals surface area contributed by atoms with E-state index in [4.69, 9.17) is 0 Å². The molecule has 0 amide bonds. The van der Waals surface area contributed by atoms with Gasteiger partial charge in [-0.2, -0.15) is 0 Å². The Morgan fingerprint density at radius 1 is 0.862 bits per heavy atom. The summed E-state index contributed by atoms with van der Waals surface area (Å²) in [6.45, 7) is 8.06. The number of aryl methyl sites for hydroxylation is 2. The number of benzene rings is 3. The van der Waals surface area contributed by atoms with Crippen molar-refractivity contribution in [2.75, 3.05) is 0 Å². The molecule has 29 heavy (non-hydrogen) atoms. The van der Waals surface area contributed by atoms with E-state index in [2.05, 4.69) is 16.9 Å². The zero-order valence-corrected chi connectivity index (χ0v) is 16.4. The van der Waals surface area contributed by atoms with Crippen LogP contribution in [0.4, 0.5) is 0 Å². The van der Waals surface area contributed by atoms with Crippen LogP contribution in [0.15, 0.2) is 73.3 Å². The number of aromatic nitrogens is 3. The minimum atomic E-state index is -0.940. The highest BCUT2D eigenvalue weighted by atomic mass is 16.3. The van der Waals surface area contributed by atoms with Gasteiger partial charge in [0, 0.05) is 5.56 Å². The second-order valence-electron chi connectivity index (χ2n) is 7.33. The standard InChI is InChI=1S/C24H23N3O2/c1-15-7-11-18(12-8-15)23(28)17(3)27-22-20(5-4-6-21(22)25-26-27)24(29)19-13-9-16(2)10-14-19/h4-14,23-24,28-29H,3H2,1-2H3. The molecule has 0 saturated carbocycles. The van der Waals surface area contributed by atoms with Crippen molar-refractivity contribution in [3.8, 4) is 0 Å². The Bertz CT molecular complexity index is 1160. The predicted molar refractivity (Wildman–Crippen MR) is 114 cm³/mol. The first kappa shape index (κ1) is 19.1. The van der Waals surface area contributed by atoms with E-state index in [9.17, 15) is 10.2 Å². The topological polar surface area (TPSA) is 71.2 Å². The van der Waals surface area contributed by atoms with Gasteiger partial charge < -0.3 is 10.2 Å². The lowest BCUT2D eigenvalue weighted by molar-refractivity contribution is 0.220. The summed E-state index contributed by atoms with van der Waals surface area (Å²) in [6.07, 6.45) is -1.79. The highest BCUT2D eigenvalue weighted by Gasteiger charge is 2.22. The molecule has 1 heterocycles.